The molecule has 0 spiro atoms. The van der Waals surface area contributed by atoms with Gasteiger partial charge in [0.05, 0.1) is 0 Å². The van der Waals surface area contributed by atoms with Crippen LogP contribution in [-0.2, 0) is 0 Å². The van der Waals surface area contributed by atoms with Crippen molar-refractivity contribution in [3.8, 4) is 17.9 Å². The minimum Gasteiger partial charge on any atom is -0.292 e. The lowest BCUT2D eigenvalue weighted by Gasteiger charge is -1.92. The van der Waals surface area contributed by atoms with Crippen LogP contribution in [-0.4, -0.2) is 9.38 Å². The van der Waals surface area contributed by atoms with Gasteiger partial charge in [0.1, 0.15) is 17.4 Å². The molecular formula is C13H9N3. The van der Waals surface area contributed by atoms with Crippen LogP contribution in [0.1, 0.15) is 24.2 Å². The molecule has 3 rings (SSSR count). The SMILES string of the molecule is N#Cc1nc2ccccn2c1C#CC1CC1. The molecule has 0 bridgehead atoms. The first-order valence-corrected chi connectivity index (χ1v) is 5.27. The third kappa shape index (κ3) is 1.43. The second-order valence-electron chi connectivity index (χ2n) is 3.89. The largest absolute Gasteiger partial charge is 0.292 e. The number of rotatable bonds is 0. The minimum atomic E-state index is 0.416. The molecule has 0 saturated heterocycles. The molecule has 2 aromatic heterocycles. The number of aromatic nitrogens is 2. The van der Waals surface area contributed by atoms with Crippen LogP contribution in [0.3, 0.4) is 0 Å². The Bertz CT molecular complexity index is 645. The molecule has 0 aromatic carbocycles. The number of nitriles is 1. The molecule has 76 valence electrons. The topological polar surface area (TPSA) is 41.1 Å². The van der Waals surface area contributed by atoms with E-state index in [1.165, 1.54) is 12.8 Å². The summed E-state index contributed by atoms with van der Waals surface area (Å²) in [6, 6.07) is 7.79. The van der Waals surface area contributed by atoms with Gasteiger partial charge in [0.2, 0.25) is 0 Å². The Morgan fingerprint density at radius 1 is 1.38 bits per heavy atom. The fraction of sp³-hybridized carbons (Fsp3) is 0.231. The van der Waals surface area contributed by atoms with Crippen molar-refractivity contribution in [3.05, 3.63) is 35.8 Å². The number of hydrogen-bond donors (Lipinski definition) is 0. The molecule has 16 heavy (non-hydrogen) atoms. The van der Waals surface area contributed by atoms with E-state index in [1.54, 1.807) is 0 Å². The van der Waals surface area contributed by atoms with Crippen molar-refractivity contribution in [2.24, 2.45) is 5.92 Å². The van der Waals surface area contributed by atoms with Crippen LogP contribution < -0.4 is 0 Å². The Kier molecular flexibility index (Phi) is 1.91. The van der Waals surface area contributed by atoms with Gasteiger partial charge in [0.25, 0.3) is 0 Å². The highest BCUT2D eigenvalue weighted by Crippen LogP contribution is 2.27. The van der Waals surface area contributed by atoms with Gasteiger partial charge in [0.15, 0.2) is 5.69 Å². The molecule has 1 fully saturated rings. The molecule has 0 atom stereocenters. The standard InChI is InChI=1S/C13H9N3/c14-9-11-12(7-6-10-4-5-10)16-8-2-1-3-13(16)15-11/h1-3,8,10H,4-5H2. The number of hydrogen-bond acceptors (Lipinski definition) is 2. The predicted octanol–water partition coefficient (Wildman–Crippen LogP) is 1.97. The number of nitrogens with zero attached hydrogens (tertiary/aromatic N) is 3. The first-order chi connectivity index (χ1) is 7.88. The van der Waals surface area contributed by atoms with Crippen molar-refractivity contribution in [1.29, 1.82) is 5.26 Å². The molecule has 0 unspecified atom stereocenters. The van der Waals surface area contributed by atoms with Crippen LogP contribution in [0.25, 0.3) is 5.65 Å². The fourth-order valence-electron chi connectivity index (χ4n) is 1.59. The summed E-state index contributed by atoms with van der Waals surface area (Å²) in [5.41, 5.74) is 1.91. The Morgan fingerprint density at radius 2 is 2.25 bits per heavy atom. The average molecular weight is 207 g/mol. The van der Waals surface area contributed by atoms with E-state index in [1.807, 2.05) is 28.8 Å². The van der Waals surface area contributed by atoms with Crippen molar-refractivity contribution in [3.63, 3.8) is 0 Å². The van der Waals surface area contributed by atoms with Gasteiger partial charge in [-0.25, -0.2) is 4.98 Å². The van der Waals surface area contributed by atoms with Crippen molar-refractivity contribution < 1.29 is 0 Å². The van der Waals surface area contributed by atoms with E-state index in [9.17, 15) is 0 Å². The van der Waals surface area contributed by atoms with Crippen molar-refractivity contribution in [2.45, 2.75) is 12.8 Å². The Morgan fingerprint density at radius 3 is 3.00 bits per heavy atom. The molecule has 3 heteroatoms. The lowest BCUT2D eigenvalue weighted by atomic mass is 10.3. The molecule has 1 aliphatic carbocycles. The van der Waals surface area contributed by atoms with E-state index in [-0.39, 0.29) is 0 Å². The number of fused-ring (bicyclic) bond motifs is 1. The van der Waals surface area contributed by atoms with Crippen LogP contribution in [0.2, 0.25) is 0 Å². The lowest BCUT2D eigenvalue weighted by Crippen LogP contribution is -1.88. The van der Waals surface area contributed by atoms with Crippen molar-refractivity contribution >= 4 is 5.65 Å². The zero-order valence-electron chi connectivity index (χ0n) is 8.64. The van der Waals surface area contributed by atoms with Crippen LogP contribution in [0.5, 0.6) is 0 Å². The fourth-order valence-corrected chi connectivity index (χ4v) is 1.59. The van der Waals surface area contributed by atoms with Gasteiger partial charge in [-0.2, -0.15) is 5.26 Å². The molecular weight excluding hydrogens is 198 g/mol. The van der Waals surface area contributed by atoms with E-state index < -0.39 is 0 Å². The Labute approximate surface area is 93.3 Å². The smallest absolute Gasteiger partial charge is 0.175 e. The van der Waals surface area contributed by atoms with Gasteiger partial charge in [-0.15, -0.1) is 0 Å². The second-order valence-corrected chi connectivity index (χ2v) is 3.89. The zero-order valence-corrected chi connectivity index (χ0v) is 8.64. The first-order valence-electron chi connectivity index (χ1n) is 5.27. The third-order valence-electron chi connectivity index (χ3n) is 2.61. The minimum absolute atomic E-state index is 0.416. The number of imidazole rings is 1. The van der Waals surface area contributed by atoms with Gasteiger partial charge in [0, 0.05) is 12.1 Å². The van der Waals surface area contributed by atoms with Gasteiger partial charge in [-0.3, -0.25) is 4.40 Å². The highest BCUT2D eigenvalue weighted by Gasteiger charge is 2.18. The lowest BCUT2D eigenvalue weighted by molar-refractivity contribution is 1.15. The van der Waals surface area contributed by atoms with Crippen LogP contribution in [0, 0.1) is 29.1 Å². The van der Waals surface area contributed by atoms with Gasteiger partial charge < -0.3 is 0 Å². The monoisotopic (exact) mass is 207 g/mol. The third-order valence-corrected chi connectivity index (χ3v) is 2.61. The quantitative estimate of drug-likeness (QED) is 0.620. The van der Waals surface area contributed by atoms with E-state index in [0.29, 0.717) is 17.3 Å². The molecule has 0 amide bonds. The summed E-state index contributed by atoms with van der Waals surface area (Å²) in [7, 11) is 0. The normalized spacial score (nSPS) is 14.2. The van der Waals surface area contributed by atoms with Gasteiger partial charge in [-0.1, -0.05) is 12.0 Å². The summed E-state index contributed by atoms with van der Waals surface area (Å²) in [5.74, 6) is 6.77. The highest BCUT2D eigenvalue weighted by atomic mass is 15.0. The maximum absolute atomic E-state index is 9.01. The van der Waals surface area contributed by atoms with Gasteiger partial charge >= 0.3 is 0 Å². The Balaban J connectivity index is 2.20. The Hall–Kier alpha value is -2.26. The highest BCUT2D eigenvalue weighted by molar-refractivity contribution is 5.52. The molecule has 3 nitrogen and oxygen atoms in total. The predicted molar refractivity (Wildman–Crippen MR) is 59.5 cm³/mol. The maximum Gasteiger partial charge on any atom is 0.175 e. The molecule has 2 heterocycles. The van der Waals surface area contributed by atoms with E-state index >= 15 is 0 Å². The van der Waals surface area contributed by atoms with E-state index in [0.717, 1.165) is 5.65 Å². The molecule has 1 saturated carbocycles. The van der Waals surface area contributed by atoms with Crippen molar-refractivity contribution in [2.75, 3.05) is 0 Å². The summed E-state index contributed by atoms with van der Waals surface area (Å²) >= 11 is 0. The van der Waals surface area contributed by atoms with Gasteiger partial charge in [-0.05, 0) is 30.9 Å². The van der Waals surface area contributed by atoms with Crippen LogP contribution in [0.15, 0.2) is 24.4 Å². The summed E-state index contributed by atoms with van der Waals surface area (Å²) in [6.07, 6.45) is 4.26. The first kappa shape index (κ1) is 9.00. The number of pyridine rings is 1. The molecule has 1 aliphatic rings. The van der Waals surface area contributed by atoms with E-state index in [2.05, 4.69) is 22.9 Å². The maximum atomic E-state index is 9.01. The molecule has 2 aromatic rings. The summed E-state index contributed by atoms with van der Waals surface area (Å²) < 4.78 is 1.87. The van der Waals surface area contributed by atoms with E-state index in [4.69, 9.17) is 5.26 Å². The van der Waals surface area contributed by atoms with Crippen LogP contribution >= 0.6 is 0 Å². The second kappa shape index (κ2) is 3.40. The molecule has 0 N–H and O–H groups in total. The molecule has 0 aliphatic heterocycles. The summed E-state index contributed by atoms with van der Waals surface area (Å²) in [4.78, 5) is 4.23. The van der Waals surface area contributed by atoms with Crippen molar-refractivity contribution in [1.82, 2.24) is 9.38 Å². The summed E-state index contributed by atoms with van der Waals surface area (Å²) in [6.45, 7) is 0. The average Bonchev–Trinajstić information content (AvgIpc) is 3.07. The zero-order chi connectivity index (χ0) is 11.0. The van der Waals surface area contributed by atoms with Crippen LogP contribution in [0.4, 0.5) is 0 Å². The molecule has 0 radical (unpaired) electrons. The summed E-state index contributed by atoms with van der Waals surface area (Å²) in [5, 5.41) is 9.01.